The van der Waals surface area contributed by atoms with Gasteiger partial charge in [-0.1, -0.05) is 0 Å². The van der Waals surface area contributed by atoms with Gasteiger partial charge < -0.3 is 14.2 Å². The van der Waals surface area contributed by atoms with Gasteiger partial charge in [0.2, 0.25) is 0 Å². The van der Waals surface area contributed by atoms with E-state index in [-0.39, 0.29) is 23.9 Å². The Morgan fingerprint density at radius 3 is 1.80 bits per heavy atom. The minimum absolute atomic E-state index is 0.0359. The third-order valence-electron chi connectivity index (χ3n) is 3.50. The van der Waals surface area contributed by atoms with Crippen LogP contribution in [0.4, 0.5) is 0 Å². The first-order valence-corrected chi connectivity index (χ1v) is 6.42. The van der Waals surface area contributed by atoms with E-state index in [1.165, 1.54) is 0 Å². The molecule has 5 heteroatoms. The monoisotopic (exact) mass is 278 g/mol. The van der Waals surface area contributed by atoms with Gasteiger partial charge in [0.05, 0.1) is 27.8 Å². The maximum atomic E-state index is 11.7. The molecule has 0 N–H and O–H groups in total. The average Bonchev–Trinajstić information content (AvgIpc) is 2.44. The fourth-order valence-electron chi connectivity index (χ4n) is 2.63. The van der Waals surface area contributed by atoms with E-state index in [0.717, 1.165) is 5.56 Å². The first-order valence-electron chi connectivity index (χ1n) is 6.42. The summed E-state index contributed by atoms with van der Waals surface area (Å²) >= 11 is 0. The Kier molecular flexibility index (Phi) is 4.27. The molecule has 0 bridgehead atoms. The second-order valence-corrected chi connectivity index (χ2v) is 4.80. The zero-order valence-electron chi connectivity index (χ0n) is 11.9. The van der Waals surface area contributed by atoms with Gasteiger partial charge in [-0.2, -0.15) is 0 Å². The minimum atomic E-state index is -0.195. The summed E-state index contributed by atoms with van der Waals surface area (Å²) in [6, 6.07) is 3.48. The van der Waals surface area contributed by atoms with Crippen molar-refractivity contribution >= 4 is 11.6 Å². The smallest absolute Gasteiger partial charge is 0.140 e. The van der Waals surface area contributed by atoms with Crippen LogP contribution in [0.1, 0.15) is 30.7 Å². The molecule has 2 rings (SSSR count). The summed E-state index contributed by atoms with van der Waals surface area (Å²) in [4.78, 5) is 23.3. The summed E-state index contributed by atoms with van der Waals surface area (Å²) in [5, 5.41) is 0. The molecular weight excluding hydrogens is 260 g/mol. The molecule has 0 aliphatic heterocycles. The molecule has 1 aromatic carbocycles. The highest BCUT2D eigenvalue weighted by atomic mass is 16.5. The second kappa shape index (κ2) is 5.94. The number of benzene rings is 1. The Bertz CT molecular complexity index is 494. The van der Waals surface area contributed by atoms with Gasteiger partial charge in [-0.3, -0.25) is 9.59 Å². The normalized spacial score (nSPS) is 16.1. The maximum Gasteiger partial charge on any atom is 0.140 e. The van der Waals surface area contributed by atoms with Crippen LogP contribution in [-0.4, -0.2) is 32.9 Å². The SMILES string of the molecule is COc1cc(OC)c(C2CC(=O)CC(=O)C2)c(OC)c1. The highest BCUT2D eigenvalue weighted by Crippen LogP contribution is 2.43. The molecule has 108 valence electrons. The van der Waals surface area contributed by atoms with Crippen molar-refractivity contribution in [1.82, 2.24) is 0 Å². The number of carbonyl (C=O) groups excluding carboxylic acids is 2. The standard InChI is InChI=1S/C15H18O5/c1-18-12-7-13(19-2)15(14(8-12)20-3)9-4-10(16)6-11(17)5-9/h7-9H,4-6H2,1-3H3. The molecule has 1 saturated carbocycles. The van der Waals surface area contributed by atoms with Crippen LogP contribution < -0.4 is 14.2 Å². The highest BCUT2D eigenvalue weighted by Gasteiger charge is 2.31. The Hall–Kier alpha value is -2.04. The molecule has 5 nitrogen and oxygen atoms in total. The molecule has 0 saturated heterocycles. The number of ketones is 2. The summed E-state index contributed by atoms with van der Waals surface area (Å²) < 4.78 is 15.9. The third-order valence-corrected chi connectivity index (χ3v) is 3.50. The van der Waals surface area contributed by atoms with Gasteiger partial charge in [-0.15, -0.1) is 0 Å². The van der Waals surface area contributed by atoms with Gasteiger partial charge in [-0.05, 0) is 0 Å². The van der Waals surface area contributed by atoms with Gasteiger partial charge in [0, 0.05) is 36.5 Å². The Morgan fingerprint density at radius 2 is 1.40 bits per heavy atom. The zero-order valence-corrected chi connectivity index (χ0v) is 11.9. The summed E-state index contributed by atoms with van der Waals surface area (Å²) in [6.45, 7) is 0. The largest absolute Gasteiger partial charge is 0.496 e. The number of carbonyl (C=O) groups is 2. The zero-order chi connectivity index (χ0) is 14.7. The fourth-order valence-corrected chi connectivity index (χ4v) is 2.63. The van der Waals surface area contributed by atoms with Crippen molar-refractivity contribution in [2.75, 3.05) is 21.3 Å². The van der Waals surface area contributed by atoms with E-state index < -0.39 is 0 Å². The predicted molar refractivity (Wildman–Crippen MR) is 72.7 cm³/mol. The van der Waals surface area contributed by atoms with E-state index in [1.807, 2.05) is 0 Å². The molecule has 1 fully saturated rings. The number of methoxy groups -OCH3 is 3. The van der Waals surface area contributed by atoms with Gasteiger partial charge in [0.15, 0.2) is 0 Å². The minimum Gasteiger partial charge on any atom is -0.496 e. The summed E-state index contributed by atoms with van der Waals surface area (Å²) in [6.07, 6.45) is 0.715. The van der Waals surface area contributed by atoms with Crippen LogP contribution in [0.2, 0.25) is 0 Å². The topological polar surface area (TPSA) is 61.8 Å². The van der Waals surface area contributed by atoms with E-state index in [0.29, 0.717) is 30.1 Å². The molecule has 1 aromatic rings. The molecule has 0 amide bonds. The van der Waals surface area contributed by atoms with Crippen molar-refractivity contribution in [3.8, 4) is 17.2 Å². The van der Waals surface area contributed by atoms with E-state index in [2.05, 4.69) is 0 Å². The van der Waals surface area contributed by atoms with Crippen LogP contribution in [0.5, 0.6) is 17.2 Å². The summed E-state index contributed by atoms with van der Waals surface area (Å²) in [5.74, 6) is 1.50. The van der Waals surface area contributed by atoms with Crippen LogP contribution in [0.25, 0.3) is 0 Å². The van der Waals surface area contributed by atoms with Crippen LogP contribution in [-0.2, 0) is 9.59 Å². The van der Waals surface area contributed by atoms with Gasteiger partial charge in [-0.25, -0.2) is 0 Å². The Balaban J connectivity index is 2.48. The Labute approximate surface area is 117 Å². The van der Waals surface area contributed by atoms with Crippen molar-refractivity contribution in [3.05, 3.63) is 17.7 Å². The van der Waals surface area contributed by atoms with Crippen LogP contribution in [0.15, 0.2) is 12.1 Å². The molecule has 0 spiro atoms. The molecule has 0 unspecified atom stereocenters. The molecule has 0 radical (unpaired) electrons. The first-order chi connectivity index (χ1) is 9.58. The van der Waals surface area contributed by atoms with Crippen molar-refractivity contribution in [2.45, 2.75) is 25.2 Å². The van der Waals surface area contributed by atoms with Gasteiger partial charge >= 0.3 is 0 Å². The van der Waals surface area contributed by atoms with Crippen molar-refractivity contribution in [2.24, 2.45) is 0 Å². The Morgan fingerprint density at radius 1 is 0.900 bits per heavy atom. The van der Waals surface area contributed by atoms with Gasteiger partial charge in [0.1, 0.15) is 28.8 Å². The second-order valence-electron chi connectivity index (χ2n) is 4.80. The van der Waals surface area contributed by atoms with E-state index in [9.17, 15) is 9.59 Å². The average molecular weight is 278 g/mol. The number of hydrogen-bond donors (Lipinski definition) is 0. The predicted octanol–water partition coefficient (Wildman–Crippen LogP) is 2.12. The lowest BCUT2D eigenvalue weighted by Crippen LogP contribution is -2.22. The maximum absolute atomic E-state index is 11.7. The van der Waals surface area contributed by atoms with Crippen LogP contribution in [0, 0.1) is 0 Å². The van der Waals surface area contributed by atoms with E-state index in [1.54, 1.807) is 33.5 Å². The van der Waals surface area contributed by atoms with Crippen molar-refractivity contribution in [1.29, 1.82) is 0 Å². The first kappa shape index (κ1) is 14.4. The quantitative estimate of drug-likeness (QED) is 0.789. The molecular formula is C15H18O5. The summed E-state index contributed by atoms with van der Waals surface area (Å²) in [7, 11) is 4.65. The number of ether oxygens (including phenoxy) is 3. The van der Waals surface area contributed by atoms with Crippen molar-refractivity contribution < 1.29 is 23.8 Å². The van der Waals surface area contributed by atoms with E-state index >= 15 is 0 Å². The third kappa shape index (κ3) is 2.76. The lowest BCUT2D eigenvalue weighted by Gasteiger charge is -2.24. The number of Topliss-reactive ketones (excluding diaryl/α,β-unsaturated/α-hetero) is 2. The molecule has 0 heterocycles. The van der Waals surface area contributed by atoms with Crippen LogP contribution >= 0.6 is 0 Å². The van der Waals surface area contributed by atoms with Crippen LogP contribution in [0.3, 0.4) is 0 Å². The fraction of sp³-hybridized carbons (Fsp3) is 0.467. The van der Waals surface area contributed by atoms with Gasteiger partial charge in [0.25, 0.3) is 0 Å². The number of rotatable bonds is 4. The molecule has 1 aliphatic carbocycles. The molecule has 0 aromatic heterocycles. The van der Waals surface area contributed by atoms with E-state index in [4.69, 9.17) is 14.2 Å². The van der Waals surface area contributed by atoms with Crippen molar-refractivity contribution in [3.63, 3.8) is 0 Å². The summed E-state index contributed by atoms with van der Waals surface area (Å²) in [5.41, 5.74) is 0.761. The molecule has 1 aliphatic rings. The number of hydrogen-bond acceptors (Lipinski definition) is 5. The molecule has 20 heavy (non-hydrogen) atoms. The highest BCUT2D eigenvalue weighted by molar-refractivity contribution is 6.02. The molecule has 0 atom stereocenters. The lowest BCUT2D eigenvalue weighted by molar-refractivity contribution is -0.130. The lowest BCUT2D eigenvalue weighted by atomic mass is 9.81.